The van der Waals surface area contributed by atoms with Gasteiger partial charge in [0, 0.05) is 6.92 Å². The van der Waals surface area contributed by atoms with Gasteiger partial charge in [0.25, 0.3) is 11.9 Å². The van der Waals surface area contributed by atoms with E-state index in [-0.39, 0.29) is 17.1 Å². The van der Waals surface area contributed by atoms with Gasteiger partial charge >= 0.3 is 0 Å². The minimum absolute atomic E-state index is 0.0642. The highest BCUT2D eigenvalue weighted by molar-refractivity contribution is 5.96. The molecular weight excluding hydrogens is 214 g/mol. The number of benzene rings is 1. The first kappa shape index (κ1) is 13.8. The molecule has 0 bridgehead atoms. The molecule has 0 aliphatic heterocycles. The molecule has 0 saturated carbocycles. The predicted molar refractivity (Wildman–Crippen MR) is 56.5 cm³/mol. The lowest BCUT2D eigenvalue weighted by atomic mass is 10.2. The van der Waals surface area contributed by atoms with Crippen LogP contribution in [0.1, 0.15) is 17.3 Å². The van der Waals surface area contributed by atoms with Crippen LogP contribution in [0.2, 0.25) is 0 Å². The highest BCUT2D eigenvalue weighted by Crippen LogP contribution is 2.28. The molecule has 16 heavy (non-hydrogen) atoms. The summed E-state index contributed by atoms with van der Waals surface area (Å²) >= 11 is 0. The topological polar surface area (TPSA) is 110 Å². The lowest BCUT2D eigenvalue weighted by Crippen LogP contribution is -2.11. The van der Waals surface area contributed by atoms with Crippen molar-refractivity contribution in [2.75, 3.05) is 7.11 Å². The van der Waals surface area contributed by atoms with E-state index in [1.54, 1.807) is 12.1 Å². The fourth-order valence-electron chi connectivity index (χ4n) is 0.886. The van der Waals surface area contributed by atoms with Crippen LogP contribution in [-0.2, 0) is 4.79 Å². The number of carboxylic acid groups (broad SMARTS) is 1. The second-order valence-corrected chi connectivity index (χ2v) is 2.74. The van der Waals surface area contributed by atoms with Crippen LogP contribution in [-0.4, -0.2) is 29.2 Å². The zero-order valence-corrected chi connectivity index (χ0v) is 8.93. The molecule has 1 aromatic rings. The standard InChI is InChI=1S/C8H9NO3.C2H4O2/c1-12-6-4-2-3-5(7(6)10)8(9)11;1-2(3)4/h2-4,10H,1H3,(H2,9,11);1H3,(H,3,4). The van der Waals surface area contributed by atoms with Crippen LogP contribution in [0.25, 0.3) is 0 Å². The van der Waals surface area contributed by atoms with Crippen LogP contribution >= 0.6 is 0 Å². The van der Waals surface area contributed by atoms with E-state index < -0.39 is 11.9 Å². The van der Waals surface area contributed by atoms with E-state index >= 15 is 0 Å². The van der Waals surface area contributed by atoms with Gasteiger partial charge < -0.3 is 20.7 Å². The highest BCUT2D eigenvalue weighted by atomic mass is 16.5. The number of primary amides is 1. The quantitative estimate of drug-likeness (QED) is 0.684. The van der Waals surface area contributed by atoms with Gasteiger partial charge in [-0.25, -0.2) is 0 Å². The van der Waals surface area contributed by atoms with Crippen molar-refractivity contribution in [3.05, 3.63) is 23.8 Å². The summed E-state index contributed by atoms with van der Waals surface area (Å²) in [5, 5.41) is 16.8. The number of para-hydroxylation sites is 1. The van der Waals surface area contributed by atoms with Crippen molar-refractivity contribution in [3.8, 4) is 11.5 Å². The van der Waals surface area contributed by atoms with Crippen molar-refractivity contribution < 1.29 is 24.5 Å². The normalized spacial score (nSPS) is 8.62. The number of methoxy groups -OCH3 is 1. The number of carbonyl (C=O) groups excluding carboxylic acids is 1. The lowest BCUT2D eigenvalue weighted by Gasteiger charge is -2.04. The molecule has 0 aliphatic carbocycles. The Morgan fingerprint density at radius 1 is 1.38 bits per heavy atom. The van der Waals surface area contributed by atoms with Crippen molar-refractivity contribution in [1.29, 1.82) is 0 Å². The number of hydrogen-bond acceptors (Lipinski definition) is 4. The molecule has 6 nitrogen and oxygen atoms in total. The molecule has 0 heterocycles. The average molecular weight is 227 g/mol. The molecule has 6 heteroatoms. The van der Waals surface area contributed by atoms with Crippen LogP contribution in [0.4, 0.5) is 0 Å². The molecule has 0 spiro atoms. The Bertz CT molecular complexity index is 385. The molecule has 0 radical (unpaired) electrons. The molecule has 0 unspecified atom stereocenters. The number of carboxylic acids is 1. The average Bonchev–Trinajstić information content (AvgIpc) is 2.16. The van der Waals surface area contributed by atoms with E-state index in [2.05, 4.69) is 0 Å². The van der Waals surface area contributed by atoms with Crippen molar-refractivity contribution >= 4 is 11.9 Å². The van der Waals surface area contributed by atoms with E-state index in [9.17, 15) is 9.90 Å². The summed E-state index contributed by atoms with van der Waals surface area (Å²) in [7, 11) is 1.40. The Balaban J connectivity index is 0.000000487. The molecular formula is C10H13NO5. The maximum atomic E-state index is 10.7. The van der Waals surface area contributed by atoms with Gasteiger partial charge in [-0.1, -0.05) is 6.07 Å². The Morgan fingerprint density at radius 3 is 2.25 bits per heavy atom. The number of phenols is 1. The molecule has 4 N–H and O–H groups in total. The molecule has 1 rings (SSSR count). The van der Waals surface area contributed by atoms with Crippen molar-refractivity contribution in [3.63, 3.8) is 0 Å². The maximum Gasteiger partial charge on any atom is 0.300 e. The summed E-state index contributed by atoms with van der Waals surface area (Å²) < 4.78 is 4.78. The number of hydrogen-bond donors (Lipinski definition) is 3. The van der Waals surface area contributed by atoms with Crippen molar-refractivity contribution in [2.45, 2.75) is 6.92 Å². The largest absolute Gasteiger partial charge is 0.504 e. The summed E-state index contributed by atoms with van der Waals surface area (Å²) in [6.45, 7) is 1.08. The summed E-state index contributed by atoms with van der Waals surface area (Å²) in [4.78, 5) is 19.7. The molecule has 0 aromatic heterocycles. The molecule has 1 amide bonds. The summed E-state index contributed by atoms with van der Waals surface area (Å²) in [5.74, 6) is -1.48. The van der Waals surface area contributed by atoms with E-state index in [4.69, 9.17) is 20.4 Å². The van der Waals surface area contributed by atoms with Crippen LogP contribution in [0, 0.1) is 0 Å². The Kier molecular flexibility index (Phi) is 5.40. The second kappa shape index (κ2) is 6.28. The third-order valence-electron chi connectivity index (χ3n) is 1.48. The number of ether oxygens (including phenoxy) is 1. The number of aliphatic carboxylic acids is 1. The van der Waals surface area contributed by atoms with Crippen LogP contribution < -0.4 is 10.5 Å². The zero-order chi connectivity index (χ0) is 12.7. The predicted octanol–water partition coefficient (Wildman–Crippen LogP) is 0.591. The van der Waals surface area contributed by atoms with E-state index in [1.807, 2.05) is 0 Å². The number of nitrogens with two attached hydrogens (primary N) is 1. The Morgan fingerprint density at radius 2 is 1.88 bits per heavy atom. The van der Waals surface area contributed by atoms with Gasteiger partial charge in [-0.2, -0.15) is 0 Å². The summed E-state index contributed by atoms with van der Waals surface area (Å²) in [5.41, 5.74) is 5.05. The van der Waals surface area contributed by atoms with Gasteiger partial charge in [-0.15, -0.1) is 0 Å². The van der Waals surface area contributed by atoms with Crippen LogP contribution in [0.15, 0.2) is 18.2 Å². The van der Waals surface area contributed by atoms with Gasteiger partial charge in [-0.05, 0) is 12.1 Å². The second-order valence-electron chi connectivity index (χ2n) is 2.74. The summed E-state index contributed by atoms with van der Waals surface area (Å²) in [6, 6.07) is 4.56. The number of aromatic hydroxyl groups is 1. The van der Waals surface area contributed by atoms with E-state index in [1.165, 1.54) is 13.2 Å². The van der Waals surface area contributed by atoms with Crippen molar-refractivity contribution in [2.24, 2.45) is 5.73 Å². The molecule has 88 valence electrons. The number of carbonyl (C=O) groups is 2. The minimum Gasteiger partial charge on any atom is -0.504 e. The number of amides is 1. The monoisotopic (exact) mass is 227 g/mol. The van der Waals surface area contributed by atoms with Gasteiger partial charge in [0.15, 0.2) is 11.5 Å². The molecule has 0 saturated heterocycles. The van der Waals surface area contributed by atoms with E-state index in [0.717, 1.165) is 6.92 Å². The van der Waals surface area contributed by atoms with Gasteiger partial charge in [0.05, 0.1) is 12.7 Å². The molecule has 0 fully saturated rings. The minimum atomic E-state index is -0.833. The van der Waals surface area contributed by atoms with Gasteiger partial charge in [-0.3, -0.25) is 9.59 Å². The fraction of sp³-hybridized carbons (Fsp3) is 0.200. The first-order valence-corrected chi connectivity index (χ1v) is 4.25. The Hall–Kier alpha value is -2.24. The van der Waals surface area contributed by atoms with Crippen LogP contribution in [0.5, 0.6) is 11.5 Å². The van der Waals surface area contributed by atoms with E-state index in [0.29, 0.717) is 0 Å². The highest BCUT2D eigenvalue weighted by Gasteiger charge is 2.10. The first-order chi connectivity index (χ1) is 7.40. The fourth-order valence-corrected chi connectivity index (χ4v) is 0.886. The maximum absolute atomic E-state index is 10.7. The first-order valence-electron chi connectivity index (χ1n) is 4.25. The Labute approximate surface area is 92.3 Å². The van der Waals surface area contributed by atoms with Gasteiger partial charge in [0.2, 0.25) is 0 Å². The third kappa shape index (κ3) is 4.32. The molecule has 0 aliphatic rings. The molecule has 1 aromatic carbocycles. The van der Waals surface area contributed by atoms with Crippen LogP contribution in [0.3, 0.4) is 0 Å². The lowest BCUT2D eigenvalue weighted by molar-refractivity contribution is -0.134. The third-order valence-corrected chi connectivity index (χ3v) is 1.48. The van der Waals surface area contributed by atoms with Gasteiger partial charge in [0.1, 0.15) is 0 Å². The smallest absolute Gasteiger partial charge is 0.300 e. The van der Waals surface area contributed by atoms with Crippen molar-refractivity contribution in [1.82, 2.24) is 0 Å². The zero-order valence-electron chi connectivity index (χ0n) is 8.93. The molecule has 0 atom stereocenters. The summed E-state index contributed by atoms with van der Waals surface area (Å²) in [6.07, 6.45) is 0. The number of rotatable bonds is 2. The SMILES string of the molecule is CC(=O)O.COc1cccc(C(N)=O)c1O.